The highest BCUT2D eigenvalue weighted by molar-refractivity contribution is 5.95. The lowest BCUT2D eigenvalue weighted by molar-refractivity contribution is -0.392. The SMILES string of the molecule is NC(=O)N/N=C(/N)c1ncc([N+](=O)[O-])n1CCO. The van der Waals surface area contributed by atoms with Crippen LogP contribution in [0.5, 0.6) is 0 Å². The minimum atomic E-state index is -0.937. The highest BCUT2D eigenvalue weighted by atomic mass is 16.6. The number of carbonyl (C=O) groups excluding carboxylic acids is 1. The van der Waals surface area contributed by atoms with E-state index in [1.54, 1.807) is 0 Å². The van der Waals surface area contributed by atoms with Gasteiger partial charge in [-0.1, -0.05) is 0 Å². The van der Waals surface area contributed by atoms with Crippen LogP contribution in [0.3, 0.4) is 0 Å². The molecule has 0 fully saturated rings. The van der Waals surface area contributed by atoms with Crippen molar-refractivity contribution in [1.29, 1.82) is 0 Å². The number of urea groups is 1. The minimum Gasteiger partial charge on any atom is -0.392 e. The Bertz CT molecular complexity index is 494. The molecule has 1 aromatic rings. The maximum absolute atomic E-state index is 10.7. The number of aromatic nitrogens is 2. The van der Waals surface area contributed by atoms with Crippen molar-refractivity contribution in [1.82, 2.24) is 15.0 Å². The molecule has 0 saturated carbocycles. The molecule has 0 aromatic carbocycles. The summed E-state index contributed by atoms with van der Waals surface area (Å²) in [6.07, 6.45) is 0.970. The van der Waals surface area contributed by atoms with Crippen LogP contribution in [0.15, 0.2) is 11.3 Å². The highest BCUT2D eigenvalue weighted by Crippen LogP contribution is 2.13. The Kier molecular flexibility index (Phi) is 4.15. The van der Waals surface area contributed by atoms with Gasteiger partial charge in [0.1, 0.15) is 12.7 Å². The van der Waals surface area contributed by atoms with Crippen LogP contribution in [0, 0.1) is 10.1 Å². The number of rotatable bonds is 5. The lowest BCUT2D eigenvalue weighted by Gasteiger charge is -2.02. The van der Waals surface area contributed by atoms with Crippen molar-refractivity contribution < 1.29 is 14.8 Å². The van der Waals surface area contributed by atoms with E-state index in [1.807, 2.05) is 5.43 Å². The molecule has 0 aliphatic rings. The molecule has 0 bridgehead atoms. The van der Waals surface area contributed by atoms with Gasteiger partial charge >= 0.3 is 11.8 Å². The van der Waals surface area contributed by atoms with Crippen LogP contribution in [0.2, 0.25) is 0 Å². The van der Waals surface area contributed by atoms with Gasteiger partial charge in [-0.05, 0) is 4.92 Å². The van der Waals surface area contributed by atoms with Crippen LogP contribution in [-0.2, 0) is 6.54 Å². The van der Waals surface area contributed by atoms with Crippen LogP contribution >= 0.6 is 0 Å². The molecule has 1 heterocycles. The number of carbonyl (C=O) groups is 1. The molecule has 11 nitrogen and oxygen atoms in total. The van der Waals surface area contributed by atoms with Gasteiger partial charge in [0.25, 0.3) is 5.82 Å². The Morgan fingerprint density at radius 2 is 2.33 bits per heavy atom. The van der Waals surface area contributed by atoms with Crippen LogP contribution < -0.4 is 16.9 Å². The fourth-order valence-electron chi connectivity index (χ4n) is 1.20. The summed E-state index contributed by atoms with van der Waals surface area (Å²) in [6.45, 7) is -0.431. The number of hydrogen-bond acceptors (Lipinski definition) is 6. The summed E-state index contributed by atoms with van der Waals surface area (Å²) in [7, 11) is 0. The first kappa shape index (κ1) is 13.4. The van der Waals surface area contributed by atoms with Gasteiger partial charge in [0.2, 0.25) is 5.84 Å². The molecule has 0 aliphatic carbocycles. The quantitative estimate of drug-likeness (QED) is 0.207. The second kappa shape index (κ2) is 5.58. The second-order valence-corrected chi connectivity index (χ2v) is 3.05. The van der Waals surface area contributed by atoms with Crippen LogP contribution in [-0.4, -0.2) is 38.1 Å². The molecular formula is C7H11N7O4. The van der Waals surface area contributed by atoms with Crippen molar-refractivity contribution in [2.24, 2.45) is 16.6 Å². The Balaban J connectivity index is 3.11. The number of nitrogens with two attached hydrogens (primary N) is 2. The summed E-state index contributed by atoms with van der Waals surface area (Å²) >= 11 is 0. The van der Waals surface area contributed by atoms with E-state index in [0.29, 0.717) is 0 Å². The number of hydrogen-bond donors (Lipinski definition) is 4. The molecule has 0 unspecified atom stereocenters. The summed E-state index contributed by atoms with van der Waals surface area (Å²) in [5.74, 6) is -0.670. The lowest BCUT2D eigenvalue weighted by atomic mass is 10.5. The largest absolute Gasteiger partial charge is 0.392 e. The zero-order valence-electron chi connectivity index (χ0n) is 9.11. The van der Waals surface area contributed by atoms with Crippen LogP contribution in [0.25, 0.3) is 0 Å². The summed E-state index contributed by atoms with van der Waals surface area (Å²) in [6, 6.07) is -0.937. The number of primary amides is 1. The van der Waals surface area contributed by atoms with Gasteiger partial charge in [0, 0.05) is 0 Å². The van der Waals surface area contributed by atoms with Crippen molar-refractivity contribution in [3.63, 3.8) is 0 Å². The number of nitro groups is 1. The number of nitrogens with zero attached hydrogens (tertiary/aromatic N) is 4. The molecule has 0 atom stereocenters. The number of amidine groups is 1. The first-order valence-corrected chi connectivity index (χ1v) is 4.67. The van der Waals surface area contributed by atoms with Crippen molar-refractivity contribution >= 4 is 17.7 Å². The predicted molar refractivity (Wildman–Crippen MR) is 59.4 cm³/mol. The summed E-state index contributed by atoms with van der Waals surface area (Å²) in [5.41, 5.74) is 12.1. The smallest absolute Gasteiger partial charge is 0.343 e. The summed E-state index contributed by atoms with van der Waals surface area (Å²) in [5, 5.41) is 22.9. The average Bonchev–Trinajstić information content (AvgIpc) is 2.70. The fourth-order valence-corrected chi connectivity index (χ4v) is 1.20. The van der Waals surface area contributed by atoms with E-state index in [9.17, 15) is 14.9 Å². The minimum absolute atomic E-state index is 0.0514. The van der Waals surface area contributed by atoms with Crippen molar-refractivity contribution in [2.45, 2.75) is 6.54 Å². The van der Waals surface area contributed by atoms with E-state index in [-0.39, 0.29) is 30.6 Å². The molecule has 6 N–H and O–H groups in total. The third-order valence-electron chi connectivity index (χ3n) is 1.86. The van der Waals surface area contributed by atoms with Gasteiger partial charge in [0.15, 0.2) is 0 Å². The van der Waals surface area contributed by atoms with E-state index in [4.69, 9.17) is 16.6 Å². The molecule has 0 saturated heterocycles. The Hall–Kier alpha value is -2.69. The Labute approximate surface area is 100 Å². The Morgan fingerprint density at radius 1 is 1.67 bits per heavy atom. The zero-order valence-corrected chi connectivity index (χ0v) is 9.11. The number of amides is 2. The van der Waals surface area contributed by atoms with Gasteiger partial charge in [-0.25, -0.2) is 19.8 Å². The molecule has 1 aromatic heterocycles. The molecule has 0 radical (unpaired) electrons. The molecule has 18 heavy (non-hydrogen) atoms. The Morgan fingerprint density at radius 3 is 2.83 bits per heavy atom. The highest BCUT2D eigenvalue weighted by Gasteiger charge is 2.22. The first-order valence-electron chi connectivity index (χ1n) is 4.67. The molecule has 2 amide bonds. The van der Waals surface area contributed by atoms with Crippen molar-refractivity contribution in [2.75, 3.05) is 6.61 Å². The van der Waals surface area contributed by atoms with Crippen molar-refractivity contribution in [3.8, 4) is 0 Å². The predicted octanol–water partition coefficient (Wildman–Crippen LogP) is -1.93. The zero-order chi connectivity index (χ0) is 13.7. The molecule has 11 heteroatoms. The number of aliphatic hydroxyl groups is 1. The number of nitrogens with one attached hydrogen (secondary N) is 1. The van der Waals surface area contributed by atoms with E-state index in [2.05, 4.69) is 10.1 Å². The van der Waals surface area contributed by atoms with E-state index in [0.717, 1.165) is 10.8 Å². The third kappa shape index (κ3) is 2.91. The standard InChI is InChI=1S/C7H11N7O4/c8-5(11-12-7(9)16)6-10-3-4(14(17)18)13(6)1-2-15/h3,15H,1-2H2,(H2,8,11)(H3,9,12,16). The van der Waals surface area contributed by atoms with Gasteiger partial charge in [-0.3, -0.25) is 0 Å². The normalized spacial score (nSPS) is 11.3. The topological polar surface area (TPSA) is 175 Å². The molecule has 0 spiro atoms. The fraction of sp³-hybridized carbons (Fsp3) is 0.286. The molecule has 0 aliphatic heterocycles. The molecule has 1 rings (SSSR count). The van der Waals surface area contributed by atoms with Gasteiger partial charge in [-0.2, -0.15) is 0 Å². The van der Waals surface area contributed by atoms with Crippen LogP contribution in [0.4, 0.5) is 10.6 Å². The van der Waals surface area contributed by atoms with E-state index < -0.39 is 11.0 Å². The third-order valence-corrected chi connectivity index (χ3v) is 1.86. The van der Waals surface area contributed by atoms with Gasteiger partial charge in [-0.15, -0.1) is 5.10 Å². The average molecular weight is 257 g/mol. The summed E-state index contributed by atoms with van der Waals surface area (Å²) in [4.78, 5) is 24.1. The first-order chi connectivity index (χ1) is 8.47. The van der Waals surface area contributed by atoms with E-state index in [1.165, 1.54) is 0 Å². The van der Waals surface area contributed by atoms with Crippen molar-refractivity contribution in [3.05, 3.63) is 22.1 Å². The lowest BCUT2D eigenvalue weighted by Crippen LogP contribution is -2.30. The number of aliphatic hydroxyl groups excluding tert-OH is 1. The summed E-state index contributed by atoms with van der Waals surface area (Å²) < 4.78 is 1.06. The number of hydrazone groups is 1. The maximum atomic E-state index is 10.7. The van der Waals surface area contributed by atoms with Gasteiger partial charge < -0.3 is 26.7 Å². The van der Waals surface area contributed by atoms with Gasteiger partial charge in [0.05, 0.1) is 6.61 Å². The second-order valence-electron chi connectivity index (χ2n) is 3.05. The number of imidazole rings is 1. The van der Waals surface area contributed by atoms with Crippen LogP contribution in [0.1, 0.15) is 5.82 Å². The maximum Gasteiger partial charge on any atom is 0.343 e. The monoisotopic (exact) mass is 257 g/mol. The molecule has 98 valence electrons. The van der Waals surface area contributed by atoms with E-state index >= 15 is 0 Å². The molecular weight excluding hydrogens is 246 g/mol.